The van der Waals surface area contributed by atoms with Crippen LogP contribution < -0.4 is 10.1 Å². The quantitative estimate of drug-likeness (QED) is 0.935. The number of urea groups is 1. The summed E-state index contributed by atoms with van der Waals surface area (Å²) in [4.78, 5) is 18.2. The molecule has 2 heterocycles. The lowest BCUT2D eigenvalue weighted by Crippen LogP contribution is -2.38. The number of rotatable bonds is 3. The number of ether oxygens (including phenoxy) is 1. The number of hydrogen-bond acceptors (Lipinski definition) is 4. The molecule has 0 saturated carbocycles. The molecule has 1 aliphatic heterocycles. The molecule has 0 bridgehead atoms. The molecule has 24 heavy (non-hydrogen) atoms. The van der Waals surface area contributed by atoms with E-state index < -0.39 is 0 Å². The standard InChI is InChI=1S/C18H21N3O3/c1-12-13(2)24-17(19-12)20-18(22)21-10-8-15(9-11-21)14-4-6-16(23-3)7-5-14/h4-8H,9-11H2,1-3H3,(H,19,20,22). The smallest absolute Gasteiger partial charge is 0.325 e. The summed E-state index contributed by atoms with van der Waals surface area (Å²) in [7, 11) is 1.65. The van der Waals surface area contributed by atoms with Crippen molar-refractivity contribution in [3.63, 3.8) is 0 Å². The van der Waals surface area contributed by atoms with Crippen molar-refractivity contribution >= 4 is 17.6 Å². The van der Waals surface area contributed by atoms with E-state index in [0.29, 0.717) is 18.8 Å². The summed E-state index contributed by atoms with van der Waals surface area (Å²) in [5, 5.41) is 2.71. The van der Waals surface area contributed by atoms with E-state index in [1.54, 1.807) is 12.0 Å². The Morgan fingerprint density at radius 1 is 1.29 bits per heavy atom. The van der Waals surface area contributed by atoms with Crippen LogP contribution in [0.1, 0.15) is 23.4 Å². The fourth-order valence-corrected chi connectivity index (χ4v) is 2.62. The molecule has 2 amide bonds. The Morgan fingerprint density at radius 2 is 2.04 bits per heavy atom. The van der Waals surface area contributed by atoms with Crippen LogP contribution in [0.2, 0.25) is 0 Å². The summed E-state index contributed by atoms with van der Waals surface area (Å²) in [6.07, 6.45) is 2.89. The van der Waals surface area contributed by atoms with Gasteiger partial charge in [0.1, 0.15) is 11.5 Å². The highest BCUT2D eigenvalue weighted by Gasteiger charge is 2.19. The molecule has 126 valence electrons. The number of nitrogens with one attached hydrogen (secondary N) is 1. The molecule has 0 saturated heterocycles. The Bertz CT molecular complexity index is 743. The van der Waals surface area contributed by atoms with Crippen LogP contribution in [-0.2, 0) is 0 Å². The highest BCUT2D eigenvalue weighted by atomic mass is 16.5. The minimum Gasteiger partial charge on any atom is -0.497 e. The number of methoxy groups -OCH3 is 1. The molecule has 0 atom stereocenters. The van der Waals surface area contributed by atoms with E-state index in [1.807, 2.05) is 38.1 Å². The zero-order chi connectivity index (χ0) is 17.1. The van der Waals surface area contributed by atoms with Crippen LogP contribution in [0.15, 0.2) is 34.8 Å². The van der Waals surface area contributed by atoms with E-state index in [2.05, 4.69) is 16.4 Å². The van der Waals surface area contributed by atoms with E-state index in [0.717, 1.165) is 23.4 Å². The molecule has 0 aliphatic carbocycles. The van der Waals surface area contributed by atoms with Crippen LogP contribution >= 0.6 is 0 Å². The Labute approximate surface area is 141 Å². The molecule has 0 spiro atoms. The zero-order valence-electron chi connectivity index (χ0n) is 14.1. The number of aromatic nitrogens is 1. The molecule has 0 fully saturated rings. The van der Waals surface area contributed by atoms with Crippen molar-refractivity contribution in [2.24, 2.45) is 0 Å². The van der Waals surface area contributed by atoms with Gasteiger partial charge in [0.2, 0.25) is 0 Å². The van der Waals surface area contributed by atoms with Crippen LogP contribution in [0.4, 0.5) is 10.8 Å². The first-order chi connectivity index (χ1) is 11.6. The van der Waals surface area contributed by atoms with Gasteiger partial charge in [0.25, 0.3) is 0 Å². The van der Waals surface area contributed by atoms with Crippen LogP contribution in [0.25, 0.3) is 5.57 Å². The maximum absolute atomic E-state index is 12.3. The lowest BCUT2D eigenvalue weighted by Gasteiger charge is -2.26. The van der Waals surface area contributed by atoms with Gasteiger partial charge in [-0.05, 0) is 43.5 Å². The van der Waals surface area contributed by atoms with Crippen molar-refractivity contribution in [2.45, 2.75) is 20.3 Å². The molecule has 6 heteroatoms. The molecule has 0 radical (unpaired) electrons. The van der Waals surface area contributed by atoms with Crippen molar-refractivity contribution in [3.05, 3.63) is 47.4 Å². The predicted molar refractivity (Wildman–Crippen MR) is 92.2 cm³/mol. The molecule has 2 aromatic rings. The molecular weight excluding hydrogens is 306 g/mol. The number of nitrogens with zero attached hydrogens (tertiary/aromatic N) is 2. The van der Waals surface area contributed by atoms with Crippen LogP contribution in [0, 0.1) is 13.8 Å². The predicted octanol–water partition coefficient (Wildman–Crippen LogP) is 3.62. The minimum atomic E-state index is -0.193. The number of hydrogen-bond donors (Lipinski definition) is 1. The number of oxazole rings is 1. The normalized spacial score (nSPS) is 14.3. The summed E-state index contributed by atoms with van der Waals surface area (Å²) in [5.74, 6) is 1.55. The Hall–Kier alpha value is -2.76. The van der Waals surface area contributed by atoms with Gasteiger partial charge in [0.05, 0.1) is 12.8 Å². The second kappa shape index (κ2) is 6.78. The topological polar surface area (TPSA) is 67.6 Å². The van der Waals surface area contributed by atoms with Gasteiger partial charge in [0.15, 0.2) is 0 Å². The minimum absolute atomic E-state index is 0.193. The maximum atomic E-state index is 12.3. The SMILES string of the molecule is COc1ccc(C2=CCN(C(=O)Nc3nc(C)c(C)o3)CC2)cc1. The van der Waals surface area contributed by atoms with Gasteiger partial charge in [-0.1, -0.05) is 18.2 Å². The average Bonchev–Trinajstić information content (AvgIpc) is 2.92. The second-order valence-corrected chi connectivity index (χ2v) is 5.74. The first-order valence-electron chi connectivity index (χ1n) is 7.90. The molecule has 1 aliphatic rings. The number of anilines is 1. The molecule has 6 nitrogen and oxygen atoms in total. The van der Waals surface area contributed by atoms with Crippen LogP contribution in [-0.4, -0.2) is 36.1 Å². The fraction of sp³-hybridized carbons (Fsp3) is 0.333. The van der Waals surface area contributed by atoms with Gasteiger partial charge < -0.3 is 14.1 Å². The zero-order valence-corrected chi connectivity index (χ0v) is 14.1. The summed E-state index contributed by atoms with van der Waals surface area (Å²) in [6.45, 7) is 4.89. The molecule has 3 rings (SSSR count). The summed E-state index contributed by atoms with van der Waals surface area (Å²) < 4.78 is 10.6. The van der Waals surface area contributed by atoms with E-state index in [4.69, 9.17) is 9.15 Å². The Kier molecular flexibility index (Phi) is 4.55. The largest absolute Gasteiger partial charge is 0.497 e. The van der Waals surface area contributed by atoms with Crippen molar-refractivity contribution in [2.75, 3.05) is 25.5 Å². The van der Waals surface area contributed by atoms with Gasteiger partial charge in [-0.25, -0.2) is 4.79 Å². The van der Waals surface area contributed by atoms with Gasteiger partial charge in [-0.3, -0.25) is 5.32 Å². The first kappa shape index (κ1) is 16.1. The fourth-order valence-electron chi connectivity index (χ4n) is 2.62. The van der Waals surface area contributed by atoms with Crippen molar-refractivity contribution in [1.82, 2.24) is 9.88 Å². The number of amides is 2. The van der Waals surface area contributed by atoms with E-state index in [-0.39, 0.29) is 12.0 Å². The van der Waals surface area contributed by atoms with Gasteiger partial charge in [-0.15, -0.1) is 0 Å². The summed E-state index contributed by atoms with van der Waals surface area (Å²) in [5.41, 5.74) is 3.19. The number of carbonyl (C=O) groups excluding carboxylic acids is 1. The molecule has 1 aromatic heterocycles. The maximum Gasteiger partial charge on any atom is 0.325 e. The average molecular weight is 327 g/mol. The summed E-state index contributed by atoms with van der Waals surface area (Å²) in [6, 6.07) is 8.03. The molecular formula is C18H21N3O3. The van der Waals surface area contributed by atoms with Gasteiger partial charge in [-0.2, -0.15) is 4.98 Å². The molecule has 1 aromatic carbocycles. The monoisotopic (exact) mass is 327 g/mol. The van der Waals surface area contributed by atoms with Gasteiger partial charge in [0, 0.05) is 13.1 Å². The number of aryl methyl sites for hydroxylation is 2. The van der Waals surface area contributed by atoms with Crippen LogP contribution in [0.3, 0.4) is 0 Å². The van der Waals surface area contributed by atoms with Crippen molar-refractivity contribution in [1.29, 1.82) is 0 Å². The highest BCUT2D eigenvalue weighted by Crippen LogP contribution is 2.24. The van der Waals surface area contributed by atoms with Crippen molar-refractivity contribution in [3.8, 4) is 5.75 Å². The molecule has 0 unspecified atom stereocenters. The van der Waals surface area contributed by atoms with E-state index >= 15 is 0 Å². The Balaban J connectivity index is 1.62. The lowest BCUT2D eigenvalue weighted by atomic mass is 9.99. The highest BCUT2D eigenvalue weighted by molar-refractivity contribution is 5.88. The number of benzene rings is 1. The van der Waals surface area contributed by atoms with Crippen LogP contribution in [0.5, 0.6) is 5.75 Å². The lowest BCUT2D eigenvalue weighted by molar-refractivity contribution is 0.216. The third-order valence-corrected chi connectivity index (χ3v) is 4.20. The second-order valence-electron chi connectivity index (χ2n) is 5.74. The third-order valence-electron chi connectivity index (χ3n) is 4.20. The van der Waals surface area contributed by atoms with Crippen molar-refractivity contribution < 1.29 is 13.9 Å². The van der Waals surface area contributed by atoms with E-state index in [1.165, 1.54) is 5.57 Å². The first-order valence-corrected chi connectivity index (χ1v) is 7.90. The van der Waals surface area contributed by atoms with E-state index in [9.17, 15) is 4.79 Å². The number of carbonyl (C=O) groups is 1. The Morgan fingerprint density at radius 3 is 2.58 bits per heavy atom. The summed E-state index contributed by atoms with van der Waals surface area (Å²) >= 11 is 0. The third kappa shape index (κ3) is 3.42. The molecule has 1 N–H and O–H groups in total. The van der Waals surface area contributed by atoms with Gasteiger partial charge >= 0.3 is 12.0 Å².